The highest BCUT2D eigenvalue weighted by molar-refractivity contribution is 8.01. The number of thioether (sulfide) groups is 1. The highest BCUT2D eigenvalue weighted by Crippen LogP contribution is 2.26. The summed E-state index contributed by atoms with van der Waals surface area (Å²) < 4.78 is 5.79. The van der Waals surface area contributed by atoms with E-state index in [1.54, 1.807) is 7.11 Å². The first kappa shape index (κ1) is 21.3. The van der Waals surface area contributed by atoms with Crippen molar-refractivity contribution in [3.05, 3.63) is 71.8 Å². The Morgan fingerprint density at radius 1 is 1.03 bits per heavy atom. The van der Waals surface area contributed by atoms with Crippen LogP contribution in [-0.4, -0.2) is 47.0 Å². The molecule has 0 radical (unpaired) electrons. The fraction of sp³-hybridized carbons (Fsp3) is 0.286. The molecule has 29 heavy (non-hydrogen) atoms. The molecular formula is C21H24N4O2S2. The van der Waals surface area contributed by atoms with Crippen LogP contribution in [0.1, 0.15) is 11.1 Å². The first-order valence-corrected chi connectivity index (χ1v) is 11.1. The van der Waals surface area contributed by atoms with Crippen LogP contribution in [0.2, 0.25) is 0 Å². The van der Waals surface area contributed by atoms with Crippen LogP contribution in [0, 0.1) is 0 Å². The molecule has 152 valence electrons. The number of methoxy groups -OCH3 is 1. The van der Waals surface area contributed by atoms with E-state index in [0.717, 1.165) is 20.6 Å². The van der Waals surface area contributed by atoms with Crippen LogP contribution < -0.4 is 5.32 Å². The molecule has 0 aliphatic carbocycles. The van der Waals surface area contributed by atoms with Crippen molar-refractivity contribution in [2.75, 3.05) is 31.3 Å². The Labute approximate surface area is 179 Å². The molecule has 0 bridgehead atoms. The predicted octanol–water partition coefficient (Wildman–Crippen LogP) is 3.92. The van der Waals surface area contributed by atoms with Crippen molar-refractivity contribution in [3.8, 4) is 0 Å². The second-order valence-electron chi connectivity index (χ2n) is 6.30. The van der Waals surface area contributed by atoms with Crippen molar-refractivity contribution in [3.63, 3.8) is 0 Å². The predicted molar refractivity (Wildman–Crippen MR) is 118 cm³/mol. The van der Waals surface area contributed by atoms with E-state index in [4.69, 9.17) is 4.74 Å². The van der Waals surface area contributed by atoms with Crippen molar-refractivity contribution in [1.29, 1.82) is 0 Å². The molecule has 6 nitrogen and oxygen atoms in total. The lowest BCUT2D eigenvalue weighted by atomic mass is 10.1. The monoisotopic (exact) mass is 428 g/mol. The Morgan fingerprint density at radius 2 is 1.66 bits per heavy atom. The maximum atomic E-state index is 13.0. The smallest absolute Gasteiger partial charge is 0.233 e. The van der Waals surface area contributed by atoms with Gasteiger partial charge in [-0.15, -0.1) is 10.2 Å². The lowest BCUT2D eigenvalue weighted by Crippen LogP contribution is -2.31. The fourth-order valence-corrected chi connectivity index (χ4v) is 4.33. The van der Waals surface area contributed by atoms with Crippen LogP contribution in [0.15, 0.2) is 65.0 Å². The van der Waals surface area contributed by atoms with E-state index in [9.17, 15) is 4.79 Å². The van der Waals surface area contributed by atoms with Gasteiger partial charge in [0, 0.05) is 26.7 Å². The normalized spacial score (nSPS) is 10.7. The molecule has 0 aliphatic heterocycles. The Bertz CT molecular complexity index is 833. The summed E-state index contributed by atoms with van der Waals surface area (Å²) in [7, 11) is 1.66. The van der Waals surface area contributed by atoms with Gasteiger partial charge in [-0.1, -0.05) is 83.8 Å². The fourth-order valence-electron chi connectivity index (χ4n) is 2.65. The first-order chi connectivity index (χ1) is 14.2. The van der Waals surface area contributed by atoms with Gasteiger partial charge in [0.05, 0.1) is 12.4 Å². The summed E-state index contributed by atoms with van der Waals surface area (Å²) >= 11 is 2.87. The third-order valence-electron chi connectivity index (χ3n) is 4.09. The molecular weight excluding hydrogens is 404 g/mol. The van der Waals surface area contributed by atoms with E-state index in [0.29, 0.717) is 32.0 Å². The Morgan fingerprint density at radius 3 is 2.24 bits per heavy atom. The van der Waals surface area contributed by atoms with Gasteiger partial charge in [0.25, 0.3) is 0 Å². The Hall–Kier alpha value is -2.42. The van der Waals surface area contributed by atoms with E-state index in [1.165, 1.54) is 23.1 Å². The molecule has 1 heterocycles. The standard InChI is InChI=1S/C21H24N4O2S2/c1-27-13-12-22-20-23-24-21(29-20)28-16-19(26)25(14-17-8-4-2-5-9-17)15-18-10-6-3-7-11-18/h2-11H,12-16H2,1H3,(H,22,23). The number of anilines is 1. The molecule has 0 fully saturated rings. The van der Waals surface area contributed by atoms with Crippen molar-refractivity contribution in [2.24, 2.45) is 0 Å². The molecule has 2 aromatic carbocycles. The number of nitrogens with zero attached hydrogens (tertiary/aromatic N) is 3. The second-order valence-corrected chi connectivity index (χ2v) is 8.50. The van der Waals surface area contributed by atoms with E-state index in [-0.39, 0.29) is 5.91 Å². The molecule has 1 amide bonds. The Kier molecular flexibility index (Phi) is 8.48. The van der Waals surface area contributed by atoms with Gasteiger partial charge in [0.2, 0.25) is 11.0 Å². The number of ether oxygens (including phenoxy) is 1. The molecule has 8 heteroatoms. The summed E-state index contributed by atoms with van der Waals surface area (Å²) in [5.74, 6) is 0.402. The highest BCUT2D eigenvalue weighted by Gasteiger charge is 2.16. The first-order valence-electron chi connectivity index (χ1n) is 9.29. The number of amides is 1. The van der Waals surface area contributed by atoms with E-state index >= 15 is 0 Å². The lowest BCUT2D eigenvalue weighted by Gasteiger charge is -2.23. The highest BCUT2D eigenvalue weighted by atomic mass is 32.2. The molecule has 1 aromatic heterocycles. The summed E-state index contributed by atoms with van der Waals surface area (Å²) in [5.41, 5.74) is 2.23. The van der Waals surface area contributed by atoms with Gasteiger partial charge in [-0.25, -0.2) is 0 Å². The summed E-state index contributed by atoms with van der Waals surface area (Å²) in [6, 6.07) is 20.1. The van der Waals surface area contributed by atoms with Crippen LogP contribution in [0.3, 0.4) is 0 Å². The average Bonchev–Trinajstić information content (AvgIpc) is 3.21. The maximum Gasteiger partial charge on any atom is 0.233 e. The third kappa shape index (κ3) is 7.16. The van der Waals surface area contributed by atoms with Gasteiger partial charge < -0.3 is 15.0 Å². The molecule has 3 aromatic rings. The van der Waals surface area contributed by atoms with Crippen LogP contribution in [-0.2, 0) is 22.6 Å². The minimum absolute atomic E-state index is 0.0757. The van der Waals surface area contributed by atoms with Crippen molar-refractivity contribution >= 4 is 34.1 Å². The zero-order valence-electron chi connectivity index (χ0n) is 16.3. The molecule has 0 saturated heterocycles. The van der Waals surface area contributed by atoms with Crippen molar-refractivity contribution in [1.82, 2.24) is 15.1 Å². The number of nitrogens with one attached hydrogen (secondary N) is 1. The number of aromatic nitrogens is 2. The quantitative estimate of drug-likeness (QED) is 0.369. The minimum atomic E-state index is 0.0757. The SMILES string of the molecule is COCCNc1nnc(SCC(=O)N(Cc2ccccc2)Cc2ccccc2)s1. The molecule has 1 N–H and O–H groups in total. The third-order valence-corrected chi connectivity index (χ3v) is 6.09. The molecule has 0 saturated carbocycles. The van der Waals surface area contributed by atoms with Crippen LogP contribution in [0.25, 0.3) is 0 Å². The molecule has 0 spiro atoms. The summed E-state index contributed by atoms with van der Waals surface area (Å²) in [5, 5.41) is 12.1. The summed E-state index contributed by atoms with van der Waals surface area (Å²) in [4.78, 5) is 14.9. The van der Waals surface area contributed by atoms with Gasteiger partial charge >= 0.3 is 0 Å². The molecule has 3 rings (SSSR count). The van der Waals surface area contributed by atoms with Gasteiger partial charge in [-0.05, 0) is 11.1 Å². The number of hydrogen-bond acceptors (Lipinski definition) is 7. The van der Waals surface area contributed by atoms with E-state index < -0.39 is 0 Å². The molecule has 0 unspecified atom stereocenters. The number of rotatable bonds is 11. The summed E-state index contributed by atoms with van der Waals surface area (Å²) in [6.45, 7) is 2.44. The van der Waals surface area contributed by atoms with E-state index in [2.05, 4.69) is 15.5 Å². The zero-order valence-corrected chi connectivity index (χ0v) is 17.9. The number of carbonyl (C=O) groups excluding carboxylic acids is 1. The maximum absolute atomic E-state index is 13.0. The largest absolute Gasteiger partial charge is 0.383 e. The van der Waals surface area contributed by atoms with E-state index in [1.807, 2.05) is 65.6 Å². The van der Waals surface area contributed by atoms with Gasteiger partial charge in [0.15, 0.2) is 4.34 Å². The number of carbonyl (C=O) groups is 1. The van der Waals surface area contributed by atoms with Crippen LogP contribution in [0.4, 0.5) is 5.13 Å². The zero-order chi connectivity index (χ0) is 20.3. The minimum Gasteiger partial charge on any atom is -0.383 e. The lowest BCUT2D eigenvalue weighted by molar-refractivity contribution is -0.129. The van der Waals surface area contributed by atoms with Crippen molar-refractivity contribution in [2.45, 2.75) is 17.4 Å². The Balaban J connectivity index is 1.60. The number of hydrogen-bond donors (Lipinski definition) is 1. The van der Waals surface area contributed by atoms with Crippen LogP contribution >= 0.6 is 23.1 Å². The second kappa shape index (κ2) is 11.5. The average molecular weight is 429 g/mol. The van der Waals surface area contributed by atoms with Crippen molar-refractivity contribution < 1.29 is 9.53 Å². The topological polar surface area (TPSA) is 67.3 Å². The molecule has 0 atom stereocenters. The van der Waals surface area contributed by atoms with Gasteiger partial charge in [0.1, 0.15) is 0 Å². The van der Waals surface area contributed by atoms with Gasteiger partial charge in [-0.3, -0.25) is 4.79 Å². The molecule has 0 aliphatic rings. The van der Waals surface area contributed by atoms with Gasteiger partial charge in [-0.2, -0.15) is 0 Å². The van der Waals surface area contributed by atoms with Crippen LogP contribution in [0.5, 0.6) is 0 Å². The summed E-state index contributed by atoms with van der Waals surface area (Å²) in [6.07, 6.45) is 0. The number of benzene rings is 2.